The summed E-state index contributed by atoms with van der Waals surface area (Å²) in [5.41, 5.74) is 4.34. The number of carbonyl (C=O) groups is 1. The van der Waals surface area contributed by atoms with Crippen LogP contribution in [-0.4, -0.2) is 18.0 Å². The van der Waals surface area contributed by atoms with E-state index in [1.807, 2.05) is 54.7 Å². The summed E-state index contributed by atoms with van der Waals surface area (Å²) in [6.45, 7) is 0.535. The molecule has 2 heterocycles. The molecule has 0 aliphatic heterocycles. The minimum Gasteiger partial charge on any atom is -0.496 e. The third-order valence-electron chi connectivity index (χ3n) is 4.96. The highest BCUT2D eigenvalue weighted by Crippen LogP contribution is 2.38. The van der Waals surface area contributed by atoms with Gasteiger partial charge >= 0.3 is 0 Å². The number of hydrogen-bond donors (Lipinski definition) is 2. The van der Waals surface area contributed by atoms with Crippen LogP contribution in [0.25, 0.3) is 10.9 Å². The van der Waals surface area contributed by atoms with E-state index < -0.39 is 0 Å². The van der Waals surface area contributed by atoms with E-state index >= 15 is 0 Å². The zero-order chi connectivity index (χ0) is 19.3. The molecule has 142 valence electrons. The zero-order valence-electron chi connectivity index (χ0n) is 15.6. The van der Waals surface area contributed by atoms with Crippen molar-refractivity contribution in [2.24, 2.45) is 0 Å². The largest absolute Gasteiger partial charge is 0.496 e. The maximum absolute atomic E-state index is 12.8. The van der Waals surface area contributed by atoms with Crippen LogP contribution in [0.5, 0.6) is 5.75 Å². The van der Waals surface area contributed by atoms with Crippen molar-refractivity contribution in [1.29, 1.82) is 0 Å². The van der Waals surface area contributed by atoms with E-state index in [9.17, 15) is 4.79 Å². The number of carbonyl (C=O) groups excluding carboxylic acids is 1. The van der Waals surface area contributed by atoms with Gasteiger partial charge in [0.2, 0.25) is 5.91 Å². The molecule has 4 aromatic rings. The normalized spacial score (nSPS) is 12.0. The zero-order valence-corrected chi connectivity index (χ0v) is 16.5. The fourth-order valence-electron chi connectivity index (χ4n) is 3.56. The molecule has 5 heteroatoms. The molecule has 1 atom stereocenters. The summed E-state index contributed by atoms with van der Waals surface area (Å²) in [5.74, 6) is 0.815. The number of H-pyrrole nitrogens is 1. The molecule has 2 aromatic heterocycles. The molecule has 0 spiro atoms. The number of ether oxygens (including phenoxy) is 1. The average molecular weight is 391 g/mol. The number of hydrogen-bond acceptors (Lipinski definition) is 3. The Hall–Kier alpha value is -3.05. The summed E-state index contributed by atoms with van der Waals surface area (Å²) in [7, 11) is 1.68. The fraction of sp³-hybridized carbons (Fsp3) is 0.174. The minimum atomic E-state index is -0.0351. The van der Waals surface area contributed by atoms with Gasteiger partial charge in [0.15, 0.2) is 0 Å². The van der Waals surface area contributed by atoms with E-state index in [-0.39, 0.29) is 11.8 Å². The summed E-state index contributed by atoms with van der Waals surface area (Å²) in [4.78, 5) is 16.1. The van der Waals surface area contributed by atoms with Gasteiger partial charge in [0.1, 0.15) is 5.75 Å². The van der Waals surface area contributed by atoms with Gasteiger partial charge < -0.3 is 15.0 Å². The summed E-state index contributed by atoms with van der Waals surface area (Å²) in [6.07, 6.45) is 2.38. The summed E-state index contributed by atoms with van der Waals surface area (Å²) >= 11 is 1.64. The number of methoxy groups -OCH3 is 1. The number of nitrogens with one attached hydrogen (secondary N) is 2. The first-order chi connectivity index (χ1) is 13.8. The van der Waals surface area contributed by atoms with Gasteiger partial charge in [0, 0.05) is 36.0 Å². The van der Waals surface area contributed by atoms with Gasteiger partial charge in [0.05, 0.1) is 7.11 Å². The van der Waals surface area contributed by atoms with Gasteiger partial charge in [0.25, 0.3) is 0 Å². The van der Waals surface area contributed by atoms with Crippen LogP contribution in [0.3, 0.4) is 0 Å². The molecular formula is C23H22N2O2S. The second-order valence-corrected chi connectivity index (χ2v) is 7.48. The van der Waals surface area contributed by atoms with Crippen LogP contribution in [0, 0.1) is 0 Å². The number of thiophene rings is 1. The molecule has 2 N–H and O–H groups in total. The van der Waals surface area contributed by atoms with Crippen molar-refractivity contribution in [2.45, 2.75) is 18.9 Å². The number of aromatic nitrogens is 1. The first-order valence-corrected chi connectivity index (χ1v) is 10.2. The lowest BCUT2D eigenvalue weighted by Gasteiger charge is -2.16. The van der Waals surface area contributed by atoms with Crippen molar-refractivity contribution in [2.75, 3.05) is 7.11 Å². The van der Waals surface area contributed by atoms with E-state index in [0.29, 0.717) is 13.0 Å². The Morgan fingerprint density at radius 2 is 2.00 bits per heavy atom. The molecular weight excluding hydrogens is 368 g/mol. The number of fused-ring (bicyclic) bond motifs is 1. The van der Waals surface area contributed by atoms with Crippen LogP contribution in [0.1, 0.15) is 29.0 Å². The second kappa shape index (κ2) is 8.31. The lowest BCUT2D eigenvalue weighted by atomic mass is 9.89. The molecule has 0 aliphatic rings. The monoisotopic (exact) mass is 390 g/mol. The Morgan fingerprint density at radius 1 is 1.14 bits per heavy atom. The third kappa shape index (κ3) is 3.80. The van der Waals surface area contributed by atoms with Crippen LogP contribution in [-0.2, 0) is 11.3 Å². The first-order valence-electron chi connectivity index (χ1n) is 9.23. The van der Waals surface area contributed by atoms with Gasteiger partial charge in [-0.15, -0.1) is 0 Å². The van der Waals surface area contributed by atoms with Crippen molar-refractivity contribution in [3.63, 3.8) is 0 Å². The Balaban J connectivity index is 1.61. The minimum absolute atomic E-state index is 0.0318. The Kier molecular flexibility index (Phi) is 5.44. The summed E-state index contributed by atoms with van der Waals surface area (Å²) in [6, 6.07) is 18.0. The standard InChI is InChI=1S/C23H22N2O2S/c1-27-21-9-5-8-20-23(21)19(14-24-20)18(17-10-11-28-15-17)12-22(26)25-13-16-6-3-2-4-7-16/h2-11,14-15,18,24H,12-13H2,1H3,(H,25,26). The topological polar surface area (TPSA) is 54.1 Å². The van der Waals surface area contributed by atoms with Crippen LogP contribution < -0.4 is 10.1 Å². The first kappa shape index (κ1) is 18.3. The Labute approximate surface area is 168 Å². The highest BCUT2D eigenvalue weighted by atomic mass is 32.1. The smallest absolute Gasteiger partial charge is 0.221 e. The van der Waals surface area contributed by atoms with Crippen LogP contribution in [0.15, 0.2) is 71.6 Å². The number of benzene rings is 2. The van der Waals surface area contributed by atoms with E-state index in [2.05, 4.69) is 27.1 Å². The van der Waals surface area contributed by atoms with Gasteiger partial charge in [-0.05, 0) is 45.6 Å². The predicted molar refractivity (Wildman–Crippen MR) is 114 cm³/mol. The molecule has 0 aliphatic carbocycles. The van der Waals surface area contributed by atoms with E-state index in [0.717, 1.165) is 33.3 Å². The van der Waals surface area contributed by atoms with Crippen molar-refractivity contribution in [3.8, 4) is 5.75 Å². The molecule has 0 bridgehead atoms. The highest BCUT2D eigenvalue weighted by Gasteiger charge is 2.23. The molecule has 2 aromatic carbocycles. The van der Waals surface area contributed by atoms with Gasteiger partial charge in [-0.1, -0.05) is 36.4 Å². The maximum atomic E-state index is 12.8. The predicted octanol–water partition coefficient (Wildman–Crippen LogP) is 5.08. The number of aromatic amines is 1. The lowest BCUT2D eigenvalue weighted by Crippen LogP contribution is -2.24. The quantitative estimate of drug-likeness (QED) is 0.462. The SMILES string of the molecule is COc1cccc2[nH]cc(C(CC(=O)NCc3ccccc3)c3ccsc3)c12. The second-order valence-electron chi connectivity index (χ2n) is 6.70. The van der Waals surface area contributed by atoms with Crippen molar-refractivity contribution < 1.29 is 9.53 Å². The molecule has 0 fully saturated rings. The lowest BCUT2D eigenvalue weighted by molar-refractivity contribution is -0.121. The molecule has 1 amide bonds. The highest BCUT2D eigenvalue weighted by molar-refractivity contribution is 7.08. The van der Waals surface area contributed by atoms with Crippen molar-refractivity contribution in [1.82, 2.24) is 10.3 Å². The molecule has 28 heavy (non-hydrogen) atoms. The number of amides is 1. The Morgan fingerprint density at radius 3 is 2.75 bits per heavy atom. The molecule has 4 rings (SSSR count). The average Bonchev–Trinajstić information content (AvgIpc) is 3.41. The molecule has 1 unspecified atom stereocenters. The molecule has 4 nitrogen and oxygen atoms in total. The number of rotatable bonds is 7. The summed E-state index contributed by atoms with van der Waals surface area (Å²) in [5, 5.41) is 8.26. The summed E-state index contributed by atoms with van der Waals surface area (Å²) < 4.78 is 5.59. The van der Waals surface area contributed by atoms with E-state index in [1.165, 1.54) is 0 Å². The van der Waals surface area contributed by atoms with Crippen LogP contribution in [0.2, 0.25) is 0 Å². The van der Waals surface area contributed by atoms with Gasteiger partial charge in [-0.25, -0.2) is 0 Å². The third-order valence-corrected chi connectivity index (χ3v) is 5.66. The molecule has 0 radical (unpaired) electrons. The molecule has 0 saturated carbocycles. The van der Waals surface area contributed by atoms with Crippen LogP contribution >= 0.6 is 11.3 Å². The molecule has 0 saturated heterocycles. The Bertz CT molecular complexity index is 1050. The van der Waals surface area contributed by atoms with Gasteiger partial charge in [-0.2, -0.15) is 11.3 Å². The van der Waals surface area contributed by atoms with E-state index in [1.54, 1.807) is 18.4 Å². The fourth-order valence-corrected chi connectivity index (χ4v) is 4.27. The van der Waals surface area contributed by atoms with E-state index in [4.69, 9.17) is 4.74 Å². The van der Waals surface area contributed by atoms with Crippen molar-refractivity contribution >= 4 is 28.1 Å². The van der Waals surface area contributed by atoms with Crippen molar-refractivity contribution in [3.05, 3.63) is 88.2 Å². The van der Waals surface area contributed by atoms with Gasteiger partial charge in [-0.3, -0.25) is 4.79 Å². The maximum Gasteiger partial charge on any atom is 0.221 e. The van der Waals surface area contributed by atoms with Crippen LogP contribution in [0.4, 0.5) is 0 Å².